The summed E-state index contributed by atoms with van der Waals surface area (Å²) in [4.78, 5) is 5.20. The predicted octanol–water partition coefficient (Wildman–Crippen LogP) is 4.30. The highest BCUT2D eigenvalue weighted by molar-refractivity contribution is 7.12. The molecule has 112 valence electrons. The van der Waals surface area contributed by atoms with Crippen LogP contribution in [0.5, 0.6) is 0 Å². The molecule has 2 aromatic rings. The largest absolute Gasteiger partial charge is 0.314 e. The first-order valence-corrected chi connectivity index (χ1v) is 8.21. The van der Waals surface area contributed by atoms with Crippen molar-refractivity contribution in [1.82, 2.24) is 10.2 Å². The van der Waals surface area contributed by atoms with Crippen LogP contribution in [0.4, 0.5) is 0 Å². The lowest BCUT2D eigenvalue weighted by atomic mass is 10.1. The van der Waals surface area contributed by atoms with Gasteiger partial charge in [-0.1, -0.05) is 17.7 Å². The molecule has 0 radical (unpaired) electrons. The second kappa shape index (κ2) is 8.59. The zero-order chi connectivity index (χ0) is 12.4. The van der Waals surface area contributed by atoms with Crippen molar-refractivity contribution in [2.75, 3.05) is 26.2 Å². The fraction of sp³-hybridized carbons (Fsp3) is 0.385. The van der Waals surface area contributed by atoms with Crippen molar-refractivity contribution in [3.05, 3.63) is 43.7 Å². The van der Waals surface area contributed by atoms with Crippen LogP contribution >= 0.6 is 59.1 Å². The van der Waals surface area contributed by atoms with Gasteiger partial charge in [-0.25, -0.2) is 0 Å². The van der Waals surface area contributed by atoms with Gasteiger partial charge in [0.1, 0.15) is 0 Å². The Morgan fingerprint density at radius 1 is 1.10 bits per heavy atom. The first kappa shape index (κ1) is 18.2. The number of nitrogens with zero attached hydrogens (tertiary/aromatic N) is 1. The standard InChI is InChI=1S/C13H15ClN2S2.2ClH/c14-10-3-9-18-13(10)12(11-2-1-8-17-11)16-6-4-15-5-7-16;;/h1-3,8-9,12,15H,4-7H2;2*1H/t12-;;/m0../s1. The first-order valence-electron chi connectivity index (χ1n) is 6.07. The van der Waals surface area contributed by atoms with Crippen LogP contribution in [0.25, 0.3) is 0 Å². The molecule has 1 N–H and O–H groups in total. The van der Waals surface area contributed by atoms with Crippen LogP contribution in [0.15, 0.2) is 29.0 Å². The maximum atomic E-state index is 6.34. The quantitative estimate of drug-likeness (QED) is 0.865. The number of nitrogens with one attached hydrogen (secondary N) is 1. The molecular weight excluding hydrogens is 355 g/mol. The van der Waals surface area contributed by atoms with Crippen LogP contribution in [0, 0.1) is 0 Å². The van der Waals surface area contributed by atoms with E-state index in [1.165, 1.54) is 9.75 Å². The minimum absolute atomic E-state index is 0. The molecule has 0 aromatic carbocycles. The van der Waals surface area contributed by atoms with Gasteiger partial charge >= 0.3 is 0 Å². The van der Waals surface area contributed by atoms with E-state index in [-0.39, 0.29) is 24.8 Å². The molecule has 7 heteroatoms. The van der Waals surface area contributed by atoms with Crippen molar-refractivity contribution in [3.63, 3.8) is 0 Å². The third kappa shape index (κ3) is 3.89. The molecule has 3 rings (SSSR count). The highest BCUT2D eigenvalue weighted by Crippen LogP contribution is 2.38. The summed E-state index contributed by atoms with van der Waals surface area (Å²) in [5.41, 5.74) is 0. The fourth-order valence-electron chi connectivity index (χ4n) is 2.36. The monoisotopic (exact) mass is 370 g/mol. The van der Waals surface area contributed by atoms with E-state index in [9.17, 15) is 0 Å². The van der Waals surface area contributed by atoms with Crippen molar-refractivity contribution in [2.45, 2.75) is 6.04 Å². The van der Waals surface area contributed by atoms with E-state index in [1.807, 2.05) is 17.4 Å². The maximum Gasteiger partial charge on any atom is 0.0805 e. The molecule has 1 aliphatic heterocycles. The summed E-state index contributed by atoms with van der Waals surface area (Å²) in [5.74, 6) is 0. The molecule has 2 aromatic heterocycles. The van der Waals surface area contributed by atoms with E-state index in [0.29, 0.717) is 6.04 Å². The Morgan fingerprint density at radius 3 is 2.40 bits per heavy atom. The van der Waals surface area contributed by atoms with Gasteiger partial charge in [0.15, 0.2) is 0 Å². The Bertz CT molecular complexity index is 495. The lowest BCUT2D eigenvalue weighted by molar-refractivity contribution is 0.203. The van der Waals surface area contributed by atoms with Crippen molar-refractivity contribution in [3.8, 4) is 0 Å². The van der Waals surface area contributed by atoms with E-state index < -0.39 is 0 Å². The van der Waals surface area contributed by atoms with E-state index in [1.54, 1.807) is 11.3 Å². The molecule has 0 saturated carbocycles. The smallest absolute Gasteiger partial charge is 0.0805 e. The molecule has 0 bridgehead atoms. The molecule has 1 saturated heterocycles. The number of piperazine rings is 1. The van der Waals surface area contributed by atoms with E-state index in [0.717, 1.165) is 31.2 Å². The summed E-state index contributed by atoms with van der Waals surface area (Å²) in [6.45, 7) is 4.28. The maximum absolute atomic E-state index is 6.34. The van der Waals surface area contributed by atoms with Crippen LogP contribution in [-0.2, 0) is 0 Å². The van der Waals surface area contributed by atoms with Crippen LogP contribution in [0.3, 0.4) is 0 Å². The van der Waals surface area contributed by atoms with Gasteiger partial charge in [0.05, 0.1) is 11.1 Å². The molecule has 0 unspecified atom stereocenters. The molecular formula is C13H17Cl3N2S2. The highest BCUT2D eigenvalue weighted by Gasteiger charge is 2.27. The second-order valence-corrected chi connectivity index (χ2v) is 6.67. The van der Waals surface area contributed by atoms with Gasteiger partial charge < -0.3 is 5.32 Å². The summed E-state index contributed by atoms with van der Waals surface area (Å²) >= 11 is 9.92. The Kier molecular flexibility index (Phi) is 7.83. The summed E-state index contributed by atoms with van der Waals surface area (Å²) in [5, 5.41) is 8.54. The van der Waals surface area contributed by atoms with Gasteiger partial charge in [-0.15, -0.1) is 47.5 Å². The Morgan fingerprint density at radius 2 is 1.85 bits per heavy atom. The number of thiophene rings is 2. The van der Waals surface area contributed by atoms with Crippen molar-refractivity contribution in [2.24, 2.45) is 0 Å². The first-order chi connectivity index (χ1) is 8.86. The van der Waals surface area contributed by atoms with Gasteiger partial charge in [-0.05, 0) is 22.9 Å². The van der Waals surface area contributed by atoms with E-state index in [4.69, 9.17) is 11.6 Å². The number of rotatable bonds is 3. The summed E-state index contributed by atoms with van der Waals surface area (Å²) < 4.78 is 0. The summed E-state index contributed by atoms with van der Waals surface area (Å²) in [7, 11) is 0. The molecule has 0 spiro atoms. The predicted molar refractivity (Wildman–Crippen MR) is 94.4 cm³/mol. The van der Waals surface area contributed by atoms with Crippen molar-refractivity contribution >= 4 is 59.1 Å². The third-order valence-electron chi connectivity index (χ3n) is 3.22. The molecule has 1 atom stereocenters. The average Bonchev–Trinajstić information content (AvgIpc) is 3.05. The normalized spacial score (nSPS) is 17.1. The number of hydrogen-bond acceptors (Lipinski definition) is 4. The molecule has 0 aliphatic carbocycles. The van der Waals surface area contributed by atoms with Crippen LogP contribution < -0.4 is 5.32 Å². The van der Waals surface area contributed by atoms with Gasteiger partial charge in [0, 0.05) is 35.9 Å². The van der Waals surface area contributed by atoms with Gasteiger partial charge in [0.25, 0.3) is 0 Å². The zero-order valence-corrected chi connectivity index (χ0v) is 14.8. The fourth-order valence-corrected chi connectivity index (χ4v) is 4.62. The van der Waals surface area contributed by atoms with E-state index in [2.05, 4.69) is 33.1 Å². The second-order valence-electron chi connectivity index (χ2n) is 4.34. The van der Waals surface area contributed by atoms with Crippen molar-refractivity contribution in [1.29, 1.82) is 0 Å². The van der Waals surface area contributed by atoms with Crippen molar-refractivity contribution < 1.29 is 0 Å². The Balaban J connectivity index is 0.000001000. The molecule has 20 heavy (non-hydrogen) atoms. The molecule has 2 nitrogen and oxygen atoms in total. The summed E-state index contributed by atoms with van der Waals surface area (Å²) in [6.07, 6.45) is 0. The highest BCUT2D eigenvalue weighted by atomic mass is 35.5. The van der Waals surface area contributed by atoms with Gasteiger partial charge in [-0.3, -0.25) is 4.90 Å². The minimum atomic E-state index is 0. The SMILES string of the molecule is Cl.Cl.Clc1ccsc1[C@H](c1cccs1)N1CCNCC1. The molecule has 3 heterocycles. The van der Waals surface area contributed by atoms with Gasteiger partial charge in [0.2, 0.25) is 0 Å². The van der Waals surface area contributed by atoms with Gasteiger partial charge in [-0.2, -0.15) is 0 Å². The Labute approximate surface area is 145 Å². The lowest BCUT2D eigenvalue weighted by Gasteiger charge is -2.34. The molecule has 0 amide bonds. The Hall–Kier alpha value is 0.190. The topological polar surface area (TPSA) is 15.3 Å². The zero-order valence-electron chi connectivity index (χ0n) is 10.8. The number of halogens is 3. The lowest BCUT2D eigenvalue weighted by Crippen LogP contribution is -2.45. The summed E-state index contributed by atoms with van der Waals surface area (Å²) in [6, 6.07) is 6.67. The van der Waals surface area contributed by atoms with Crippen LogP contribution in [0.2, 0.25) is 5.02 Å². The third-order valence-corrected chi connectivity index (χ3v) is 5.56. The molecule has 1 aliphatic rings. The van der Waals surface area contributed by atoms with Crippen LogP contribution in [-0.4, -0.2) is 31.1 Å². The molecule has 1 fully saturated rings. The van der Waals surface area contributed by atoms with E-state index >= 15 is 0 Å². The number of hydrogen-bond donors (Lipinski definition) is 1. The minimum Gasteiger partial charge on any atom is -0.314 e. The average molecular weight is 372 g/mol. The van der Waals surface area contributed by atoms with Crippen LogP contribution in [0.1, 0.15) is 15.8 Å².